The van der Waals surface area contributed by atoms with Crippen molar-refractivity contribution in [3.63, 3.8) is 0 Å². The fourth-order valence-corrected chi connectivity index (χ4v) is 4.66. The van der Waals surface area contributed by atoms with Crippen LogP contribution in [-0.4, -0.2) is 31.6 Å². The minimum atomic E-state index is -3.53. The normalized spacial score (nSPS) is 16.7. The maximum Gasteiger partial charge on any atom is 0.243 e. The van der Waals surface area contributed by atoms with Crippen LogP contribution < -0.4 is 0 Å². The Kier molecular flexibility index (Phi) is 5.27. The summed E-state index contributed by atoms with van der Waals surface area (Å²) in [6, 6.07) is 13.7. The molecule has 3 rings (SSSR count). The Morgan fingerprint density at radius 2 is 1.56 bits per heavy atom. The molecule has 0 atom stereocenters. The highest BCUT2D eigenvalue weighted by atomic mass is 35.5. The molecule has 25 heavy (non-hydrogen) atoms. The van der Waals surface area contributed by atoms with E-state index in [9.17, 15) is 13.2 Å². The maximum atomic E-state index is 12.7. The first-order valence-electron chi connectivity index (χ1n) is 8.24. The molecule has 1 fully saturated rings. The second kappa shape index (κ2) is 7.28. The molecular formula is C19H20ClNO3S. The lowest BCUT2D eigenvalue weighted by Gasteiger charge is -2.30. The van der Waals surface area contributed by atoms with Crippen molar-refractivity contribution in [1.82, 2.24) is 4.31 Å². The van der Waals surface area contributed by atoms with Crippen molar-refractivity contribution in [2.75, 3.05) is 13.1 Å². The van der Waals surface area contributed by atoms with Gasteiger partial charge < -0.3 is 0 Å². The number of carbonyl (C=O) groups excluding carboxylic acids is 1. The van der Waals surface area contributed by atoms with Crippen LogP contribution in [0.5, 0.6) is 0 Å². The molecule has 0 amide bonds. The molecule has 0 spiro atoms. The first-order chi connectivity index (χ1) is 11.9. The Bertz CT molecular complexity index is 853. The number of halogens is 1. The minimum absolute atomic E-state index is 0.101. The van der Waals surface area contributed by atoms with Crippen LogP contribution >= 0.6 is 11.6 Å². The number of Topliss-reactive ketones (excluding diaryl/α,β-unsaturated/α-hetero) is 1. The number of hydrogen-bond acceptors (Lipinski definition) is 3. The highest BCUT2D eigenvalue weighted by Crippen LogP contribution is 2.27. The van der Waals surface area contributed by atoms with Crippen molar-refractivity contribution in [2.45, 2.75) is 24.7 Å². The van der Waals surface area contributed by atoms with E-state index in [1.165, 1.54) is 16.4 Å². The van der Waals surface area contributed by atoms with Crippen molar-refractivity contribution in [2.24, 2.45) is 5.92 Å². The molecule has 0 saturated carbocycles. The zero-order chi connectivity index (χ0) is 18.0. The summed E-state index contributed by atoms with van der Waals surface area (Å²) < 4.78 is 26.8. The topological polar surface area (TPSA) is 54.5 Å². The van der Waals surface area contributed by atoms with Gasteiger partial charge in [0.15, 0.2) is 5.78 Å². The van der Waals surface area contributed by atoms with Gasteiger partial charge in [-0.25, -0.2) is 8.42 Å². The highest BCUT2D eigenvalue weighted by Gasteiger charge is 2.32. The van der Waals surface area contributed by atoms with E-state index in [4.69, 9.17) is 11.6 Å². The van der Waals surface area contributed by atoms with Gasteiger partial charge in [0.05, 0.1) is 4.90 Å². The largest absolute Gasteiger partial charge is 0.294 e. The third-order valence-corrected chi connectivity index (χ3v) is 6.78. The van der Waals surface area contributed by atoms with Crippen molar-refractivity contribution < 1.29 is 13.2 Å². The Labute approximate surface area is 153 Å². The average molecular weight is 378 g/mol. The Balaban J connectivity index is 1.68. The van der Waals surface area contributed by atoms with Crippen molar-refractivity contribution >= 4 is 27.4 Å². The molecule has 6 heteroatoms. The molecule has 1 saturated heterocycles. The number of rotatable bonds is 4. The summed E-state index contributed by atoms with van der Waals surface area (Å²) in [6.07, 6.45) is 1.08. The number of carbonyl (C=O) groups is 1. The second-order valence-corrected chi connectivity index (χ2v) is 8.74. The molecule has 132 valence electrons. The fourth-order valence-electron chi connectivity index (χ4n) is 3.07. The average Bonchev–Trinajstić information content (AvgIpc) is 2.62. The SMILES string of the molecule is Cc1ccc(C(=O)C2CCN(S(=O)(=O)c3ccc(Cl)cc3)CC2)cc1. The maximum absolute atomic E-state index is 12.7. The van der Waals surface area contributed by atoms with E-state index < -0.39 is 10.0 Å². The van der Waals surface area contributed by atoms with Crippen molar-refractivity contribution in [3.8, 4) is 0 Å². The van der Waals surface area contributed by atoms with Crippen LogP contribution in [0.4, 0.5) is 0 Å². The quantitative estimate of drug-likeness (QED) is 0.758. The molecule has 0 N–H and O–H groups in total. The van der Waals surface area contributed by atoms with Gasteiger partial charge in [0.25, 0.3) is 0 Å². The van der Waals surface area contributed by atoms with E-state index >= 15 is 0 Å². The Morgan fingerprint density at radius 1 is 1.00 bits per heavy atom. The molecule has 0 radical (unpaired) electrons. The summed E-state index contributed by atoms with van der Waals surface area (Å²) in [6.45, 7) is 2.69. The van der Waals surface area contributed by atoms with Gasteiger partial charge in [-0.1, -0.05) is 41.4 Å². The number of nitrogens with zero attached hydrogens (tertiary/aromatic N) is 1. The van der Waals surface area contributed by atoms with E-state index in [1.807, 2.05) is 31.2 Å². The summed E-state index contributed by atoms with van der Waals surface area (Å²) in [4.78, 5) is 12.8. The second-order valence-electron chi connectivity index (χ2n) is 6.36. The molecule has 1 heterocycles. The molecule has 1 aliphatic rings. The predicted octanol–water partition coefficient (Wildman–Crippen LogP) is 3.93. The van der Waals surface area contributed by atoms with Gasteiger partial charge in [-0.05, 0) is 44.0 Å². The van der Waals surface area contributed by atoms with Crippen LogP contribution in [0.25, 0.3) is 0 Å². The molecule has 1 aliphatic heterocycles. The molecule has 0 aliphatic carbocycles. The summed E-state index contributed by atoms with van der Waals surface area (Å²) in [5.41, 5.74) is 1.81. The van der Waals surface area contributed by atoms with Gasteiger partial charge in [0.2, 0.25) is 10.0 Å². The summed E-state index contributed by atoms with van der Waals surface area (Å²) in [7, 11) is -3.53. The van der Waals surface area contributed by atoms with Crippen LogP contribution in [0.1, 0.15) is 28.8 Å². The minimum Gasteiger partial charge on any atom is -0.294 e. The summed E-state index contributed by atoms with van der Waals surface area (Å²) in [5, 5.41) is 0.501. The monoisotopic (exact) mass is 377 g/mol. The van der Waals surface area contributed by atoms with E-state index in [2.05, 4.69) is 0 Å². The van der Waals surface area contributed by atoms with Crippen molar-refractivity contribution in [3.05, 3.63) is 64.7 Å². The lowest BCUT2D eigenvalue weighted by atomic mass is 9.89. The van der Waals surface area contributed by atoms with Gasteiger partial charge >= 0.3 is 0 Å². The smallest absolute Gasteiger partial charge is 0.243 e. The molecule has 4 nitrogen and oxygen atoms in total. The lowest BCUT2D eigenvalue weighted by Crippen LogP contribution is -2.40. The molecule has 0 bridgehead atoms. The molecule has 0 unspecified atom stereocenters. The van der Waals surface area contributed by atoms with E-state index in [0.29, 0.717) is 36.5 Å². The Hall–Kier alpha value is -1.69. The van der Waals surface area contributed by atoms with E-state index in [1.54, 1.807) is 12.1 Å². The summed E-state index contributed by atoms with van der Waals surface area (Å²) in [5.74, 6) is -0.0251. The van der Waals surface area contributed by atoms with Crippen LogP contribution in [-0.2, 0) is 10.0 Å². The Morgan fingerprint density at radius 3 is 2.12 bits per heavy atom. The number of piperidine rings is 1. The third kappa shape index (κ3) is 3.94. The number of benzene rings is 2. The van der Waals surface area contributed by atoms with Gasteiger partial charge in [-0.15, -0.1) is 0 Å². The predicted molar refractivity (Wildman–Crippen MR) is 98.4 cm³/mol. The number of hydrogen-bond donors (Lipinski definition) is 0. The van der Waals surface area contributed by atoms with E-state index in [0.717, 1.165) is 5.56 Å². The first-order valence-corrected chi connectivity index (χ1v) is 10.1. The van der Waals surface area contributed by atoms with Crippen LogP contribution in [0.3, 0.4) is 0 Å². The molecule has 0 aromatic heterocycles. The van der Waals surface area contributed by atoms with Crippen LogP contribution in [0.2, 0.25) is 5.02 Å². The highest BCUT2D eigenvalue weighted by molar-refractivity contribution is 7.89. The fraction of sp³-hybridized carbons (Fsp3) is 0.316. The number of ketones is 1. The van der Waals surface area contributed by atoms with Gasteiger partial charge in [0.1, 0.15) is 0 Å². The molecular weight excluding hydrogens is 358 g/mol. The zero-order valence-electron chi connectivity index (χ0n) is 14.0. The molecule has 2 aromatic rings. The van der Waals surface area contributed by atoms with E-state index in [-0.39, 0.29) is 16.6 Å². The number of aryl methyl sites for hydroxylation is 1. The summed E-state index contributed by atoms with van der Waals surface area (Å²) >= 11 is 5.82. The molecule has 2 aromatic carbocycles. The third-order valence-electron chi connectivity index (χ3n) is 4.61. The van der Waals surface area contributed by atoms with Gasteiger partial charge in [-0.2, -0.15) is 4.31 Å². The van der Waals surface area contributed by atoms with Crippen molar-refractivity contribution in [1.29, 1.82) is 0 Å². The van der Waals surface area contributed by atoms with Gasteiger partial charge in [0, 0.05) is 29.6 Å². The standard InChI is InChI=1S/C19H20ClNO3S/c1-14-2-4-15(5-3-14)19(22)16-10-12-21(13-11-16)25(23,24)18-8-6-17(20)7-9-18/h2-9,16H,10-13H2,1H3. The van der Waals surface area contributed by atoms with Crippen LogP contribution in [0.15, 0.2) is 53.4 Å². The first kappa shape index (κ1) is 18.1. The lowest BCUT2D eigenvalue weighted by molar-refractivity contribution is 0.0875. The number of sulfonamides is 1. The van der Waals surface area contributed by atoms with Gasteiger partial charge in [-0.3, -0.25) is 4.79 Å². The zero-order valence-corrected chi connectivity index (χ0v) is 15.6. The van der Waals surface area contributed by atoms with Crippen LogP contribution in [0, 0.1) is 12.8 Å².